The van der Waals surface area contributed by atoms with E-state index in [0.29, 0.717) is 36.5 Å². The number of carbonyl (C=O) groups excluding carboxylic acids is 1. The topological polar surface area (TPSA) is 118 Å². The summed E-state index contributed by atoms with van der Waals surface area (Å²) >= 11 is 0. The molecule has 37 heavy (non-hydrogen) atoms. The van der Waals surface area contributed by atoms with Gasteiger partial charge in [0.25, 0.3) is 0 Å². The maximum atomic E-state index is 11.7. The molecule has 4 fully saturated rings. The molecule has 0 aromatic carbocycles. The molecule has 6 rings (SSSR count). The number of carbonyl (C=O) groups is 1. The smallest absolute Gasteiger partial charge is 0.377 e. The van der Waals surface area contributed by atoms with Crippen LogP contribution < -0.4 is 21.0 Å². The van der Waals surface area contributed by atoms with Crippen molar-refractivity contribution in [3.8, 4) is 0 Å². The molecule has 11 heteroatoms. The molecule has 2 aliphatic carbocycles. The number of imidazole rings is 1. The number of hydrogen-bond acceptors (Lipinski definition) is 9. The van der Waals surface area contributed by atoms with Crippen molar-refractivity contribution in [1.82, 2.24) is 30.3 Å². The Hall–Kier alpha value is -2.66. The van der Waals surface area contributed by atoms with Gasteiger partial charge >= 0.3 is 6.09 Å². The summed E-state index contributed by atoms with van der Waals surface area (Å²) in [4.78, 5) is 33.9. The minimum Gasteiger partial charge on any atom is -0.377 e. The lowest BCUT2D eigenvalue weighted by molar-refractivity contribution is 0.0976. The summed E-state index contributed by atoms with van der Waals surface area (Å²) in [6.07, 6.45) is 7.61. The van der Waals surface area contributed by atoms with Crippen molar-refractivity contribution in [3.63, 3.8) is 0 Å². The van der Waals surface area contributed by atoms with E-state index in [2.05, 4.69) is 46.4 Å². The van der Waals surface area contributed by atoms with Gasteiger partial charge in [0.15, 0.2) is 23.5 Å². The Kier molecular flexibility index (Phi) is 6.83. The van der Waals surface area contributed by atoms with E-state index in [-0.39, 0.29) is 12.1 Å². The number of hydrogen-bond donors (Lipinski definition) is 3. The van der Waals surface area contributed by atoms with Crippen LogP contribution >= 0.6 is 0 Å². The van der Waals surface area contributed by atoms with Crippen LogP contribution in [-0.2, 0) is 16.1 Å². The molecule has 3 N–H and O–H groups in total. The fraction of sp³-hybridized carbons (Fsp3) is 0.769. The third-order valence-electron chi connectivity index (χ3n) is 8.81. The highest BCUT2D eigenvalue weighted by Crippen LogP contribution is 2.36. The number of rotatable bonds is 7. The Morgan fingerprint density at radius 2 is 1.92 bits per heavy atom. The highest BCUT2D eigenvalue weighted by atomic mass is 16.7. The summed E-state index contributed by atoms with van der Waals surface area (Å²) in [5, 5.41) is 6.47. The third-order valence-corrected chi connectivity index (χ3v) is 8.81. The van der Waals surface area contributed by atoms with Crippen molar-refractivity contribution in [2.75, 3.05) is 30.0 Å². The molecule has 2 aromatic heterocycles. The summed E-state index contributed by atoms with van der Waals surface area (Å²) < 4.78 is 8.12. The van der Waals surface area contributed by atoms with Gasteiger partial charge in [-0.25, -0.2) is 14.8 Å². The van der Waals surface area contributed by atoms with E-state index < -0.39 is 12.3 Å². The first-order valence-corrected chi connectivity index (χ1v) is 14.1. The molecule has 3 atom stereocenters. The number of fused-ring (bicyclic) bond motifs is 1. The van der Waals surface area contributed by atoms with E-state index in [4.69, 9.17) is 24.5 Å². The van der Waals surface area contributed by atoms with Crippen molar-refractivity contribution < 1.29 is 14.4 Å². The number of anilines is 2. The number of nitrogens with zero attached hydrogens (tertiary/aromatic N) is 5. The van der Waals surface area contributed by atoms with Gasteiger partial charge in [-0.05, 0) is 57.3 Å². The maximum absolute atomic E-state index is 11.7. The second-order valence-electron chi connectivity index (χ2n) is 11.6. The summed E-state index contributed by atoms with van der Waals surface area (Å²) in [6.45, 7) is 9.86. The van der Waals surface area contributed by atoms with Gasteiger partial charge in [-0.1, -0.05) is 26.2 Å². The molecule has 4 aliphatic rings. The van der Waals surface area contributed by atoms with Crippen LogP contribution in [0, 0.1) is 17.8 Å². The Morgan fingerprint density at radius 3 is 2.59 bits per heavy atom. The number of ether oxygens (including phenoxy) is 1. The molecule has 1 amide bonds. The zero-order chi connectivity index (χ0) is 25.5. The normalized spacial score (nSPS) is 29.6. The van der Waals surface area contributed by atoms with Crippen LogP contribution in [0.5, 0.6) is 0 Å². The summed E-state index contributed by atoms with van der Waals surface area (Å²) in [5.74, 6) is 4.21. The fourth-order valence-corrected chi connectivity index (χ4v) is 6.14. The predicted octanol–water partition coefficient (Wildman–Crippen LogP) is 3.72. The molecule has 0 bridgehead atoms. The quantitative estimate of drug-likeness (QED) is 0.510. The highest BCUT2D eigenvalue weighted by Gasteiger charge is 2.33. The summed E-state index contributed by atoms with van der Waals surface area (Å²) in [5.41, 5.74) is 4.30. The van der Waals surface area contributed by atoms with Crippen LogP contribution in [0.1, 0.15) is 77.7 Å². The molecule has 2 saturated carbocycles. The Labute approximate surface area is 218 Å². The second kappa shape index (κ2) is 10.2. The molecule has 202 valence electrons. The number of amides is 1. The van der Waals surface area contributed by atoms with Gasteiger partial charge in [-0.3, -0.25) is 5.32 Å². The molecule has 2 saturated heterocycles. The first-order valence-electron chi connectivity index (χ1n) is 14.1. The molecule has 2 aromatic rings. The lowest BCUT2D eigenvalue weighted by Gasteiger charge is -2.35. The van der Waals surface area contributed by atoms with Crippen molar-refractivity contribution in [2.24, 2.45) is 17.8 Å². The van der Waals surface area contributed by atoms with Crippen LogP contribution in [0.25, 0.3) is 11.2 Å². The average Bonchev–Trinajstić information content (AvgIpc) is 3.43. The number of morpholine rings is 1. The maximum Gasteiger partial charge on any atom is 0.427 e. The van der Waals surface area contributed by atoms with Crippen LogP contribution in [0.4, 0.5) is 16.6 Å². The number of hydroxylamine groups is 1. The molecule has 2 aliphatic heterocycles. The summed E-state index contributed by atoms with van der Waals surface area (Å²) in [6, 6.07) is 0.504. The van der Waals surface area contributed by atoms with Crippen LogP contribution in [0.15, 0.2) is 0 Å². The average molecular weight is 513 g/mol. The zero-order valence-corrected chi connectivity index (χ0v) is 22.2. The molecule has 4 heterocycles. The Bertz CT molecular complexity index is 1130. The summed E-state index contributed by atoms with van der Waals surface area (Å²) in [7, 11) is 0. The van der Waals surface area contributed by atoms with Gasteiger partial charge in [0.2, 0.25) is 5.95 Å². The van der Waals surface area contributed by atoms with Gasteiger partial charge < -0.3 is 24.4 Å². The van der Waals surface area contributed by atoms with Crippen LogP contribution in [-0.4, -0.2) is 57.5 Å². The van der Waals surface area contributed by atoms with Crippen molar-refractivity contribution in [2.45, 2.75) is 90.5 Å². The number of nitrogens with one attached hydrogen (secondary N) is 3. The van der Waals surface area contributed by atoms with E-state index >= 15 is 0 Å². The number of aromatic nitrogens is 4. The van der Waals surface area contributed by atoms with E-state index in [1.54, 1.807) is 0 Å². The second-order valence-corrected chi connectivity index (χ2v) is 11.6. The molecular weight excluding hydrogens is 472 g/mol. The largest absolute Gasteiger partial charge is 0.427 e. The van der Waals surface area contributed by atoms with Crippen LogP contribution in [0.3, 0.4) is 0 Å². The lowest BCUT2D eigenvalue weighted by Crippen LogP contribution is -2.45. The predicted molar refractivity (Wildman–Crippen MR) is 140 cm³/mol. The van der Waals surface area contributed by atoms with Crippen molar-refractivity contribution in [1.29, 1.82) is 0 Å². The molecule has 1 unspecified atom stereocenters. The standard InChI is InChI=1S/C26H40N8O3/c1-15-7-9-18(10-8-15)13-34-20-21(27-17(3)19-5-4-6-19)28-23(24-31-26(35)37-32-24)29-22(20)30-25(34)33-11-12-36-14-16(33)2/h15-19,24,32H,4-14H2,1-3H3,(H,31,35)(H,27,28,29)/t15?,16-,17-,18?,24?/m1/s1. The van der Waals surface area contributed by atoms with Gasteiger partial charge in [0.1, 0.15) is 5.52 Å². The van der Waals surface area contributed by atoms with E-state index in [1.807, 2.05) is 0 Å². The van der Waals surface area contributed by atoms with Gasteiger partial charge in [-0.15, -0.1) is 5.48 Å². The van der Waals surface area contributed by atoms with Crippen LogP contribution in [0.2, 0.25) is 0 Å². The molecule has 0 radical (unpaired) electrons. The third kappa shape index (κ3) is 4.95. The lowest BCUT2D eigenvalue weighted by atomic mass is 9.80. The van der Waals surface area contributed by atoms with Crippen molar-refractivity contribution >= 4 is 29.0 Å². The highest BCUT2D eigenvalue weighted by molar-refractivity contribution is 5.86. The zero-order valence-electron chi connectivity index (χ0n) is 22.2. The van der Waals surface area contributed by atoms with Crippen molar-refractivity contribution in [3.05, 3.63) is 5.82 Å². The van der Waals surface area contributed by atoms with E-state index in [1.165, 1.54) is 44.9 Å². The minimum absolute atomic E-state index is 0.220. The SMILES string of the molecule is CC1CCC(Cn2c(N3CCOC[C@H]3C)nc3nc(C4NOC(=O)N4)nc(N[C@H](C)C4CCC4)c32)CC1. The Morgan fingerprint density at radius 1 is 1.11 bits per heavy atom. The molecular formula is C26H40N8O3. The van der Waals surface area contributed by atoms with Gasteiger partial charge in [-0.2, -0.15) is 4.98 Å². The fourth-order valence-electron chi connectivity index (χ4n) is 6.14. The first-order chi connectivity index (χ1) is 18.0. The Balaban J connectivity index is 1.44. The first kappa shape index (κ1) is 24.7. The van der Waals surface area contributed by atoms with Gasteiger partial charge in [0.05, 0.1) is 19.3 Å². The van der Waals surface area contributed by atoms with Gasteiger partial charge in [0, 0.05) is 19.1 Å². The molecule has 0 spiro atoms. The molecule has 11 nitrogen and oxygen atoms in total. The van der Waals surface area contributed by atoms with E-state index in [9.17, 15) is 4.79 Å². The monoisotopic (exact) mass is 512 g/mol. The minimum atomic E-state index is -0.618. The van der Waals surface area contributed by atoms with E-state index in [0.717, 1.165) is 36.3 Å².